The molecular formula is C15H23N3O. The van der Waals surface area contributed by atoms with E-state index in [1.165, 1.54) is 31.2 Å². The second-order valence-electron chi connectivity index (χ2n) is 5.67. The maximum atomic E-state index is 9.56. The van der Waals surface area contributed by atoms with Crippen molar-refractivity contribution < 1.29 is 5.11 Å². The monoisotopic (exact) mass is 261 g/mol. The van der Waals surface area contributed by atoms with Gasteiger partial charge in [0.1, 0.15) is 5.82 Å². The number of pyridine rings is 1. The Morgan fingerprint density at radius 3 is 3.00 bits per heavy atom. The van der Waals surface area contributed by atoms with Gasteiger partial charge in [0, 0.05) is 30.9 Å². The predicted molar refractivity (Wildman–Crippen MR) is 76.2 cm³/mol. The summed E-state index contributed by atoms with van der Waals surface area (Å²) in [5.41, 5.74) is 1.26. The Morgan fingerprint density at radius 2 is 2.21 bits per heavy atom. The number of aliphatic hydroxyl groups excluding tert-OH is 1. The van der Waals surface area contributed by atoms with Crippen molar-refractivity contribution in [3.63, 3.8) is 0 Å². The number of aromatic nitrogens is 1. The molecule has 2 aliphatic rings. The van der Waals surface area contributed by atoms with Gasteiger partial charge < -0.3 is 15.3 Å². The number of aliphatic hydroxyl groups is 1. The maximum Gasteiger partial charge on any atom is 0.133 e. The number of anilines is 1. The minimum atomic E-state index is 0.228. The van der Waals surface area contributed by atoms with E-state index in [9.17, 15) is 5.11 Å². The fourth-order valence-electron chi connectivity index (χ4n) is 2.84. The number of hydrogen-bond acceptors (Lipinski definition) is 4. The van der Waals surface area contributed by atoms with Crippen LogP contribution >= 0.6 is 0 Å². The summed E-state index contributed by atoms with van der Waals surface area (Å²) in [6.07, 6.45) is 7.95. The first-order chi connectivity index (χ1) is 9.38. The normalized spacial score (nSPS) is 23.6. The third kappa shape index (κ3) is 3.07. The zero-order valence-corrected chi connectivity index (χ0v) is 11.4. The Bertz CT molecular complexity index is 420. The third-order valence-electron chi connectivity index (χ3n) is 4.14. The van der Waals surface area contributed by atoms with Crippen LogP contribution in [0, 0.1) is 0 Å². The largest absolute Gasteiger partial charge is 0.394 e. The predicted octanol–water partition coefficient (Wildman–Crippen LogP) is 1.68. The summed E-state index contributed by atoms with van der Waals surface area (Å²) in [7, 11) is 0. The molecule has 0 aromatic carbocycles. The lowest BCUT2D eigenvalue weighted by molar-refractivity contribution is 0.239. The highest BCUT2D eigenvalue weighted by molar-refractivity contribution is 5.48. The molecule has 1 aromatic rings. The molecule has 4 heteroatoms. The molecule has 0 radical (unpaired) electrons. The van der Waals surface area contributed by atoms with E-state index in [0.717, 1.165) is 25.3 Å². The lowest BCUT2D eigenvalue weighted by atomic mass is 10.0. The van der Waals surface area contributed by atoms with Crippen LogP contribution in [0.5, 0.6) is 0 Å². The zero-order valence-electron chi connectivity index (χ0n) is 11.4. The van der Waals surface area contributed by atoms with Crippen molar-refractivity contribution in [1.82, 2.24) is 10.3 Å². The highest BCUT2D eigenvalue weighted by Gasteiger charge is 2.25. The van der Waals surface area contributed by atoms with E-state index in [1.54, 1.807) is 0 Å². The number of nitrogens with one attached hydrogen (secondary N) is 1. The first kappa shape index (κ1) is 12.9. The Hall–Kier alpha value is -1.13. The van der Waals surface area contributed by atoms with E-state index in [0.29, 0.717) is 6.04 Å². The highest BCUT2D eigenvalue weighted by Crippen LogP contribution is 2.27. The SMILES string of the molecule is OCC1CCCCN1c1ncccc1CNC1CC1. The standard InChI is InChI=1S/C15H23N3O/c19-11-14-5-1-2-9-18(14)15-12(4-3-8-16-15)10-17-13-6-7-13/h3-4,8,13-14,17,19H,1-2,5-7,9-11H2. The first-order valence-electron chi connectivity index (χ1n) is 7.43. The van der Waals surface area contributed by atoms with Crippen molar-refractivity contribution in [3.05, 3.63) is 23.9 Å². The summed E-state index contributed by atoms with van der Waals surface area (Å²) in [6.45, 7) is 2.13. The molecule has 1 aromatic heterocycles. The summed E-state index contributed by atoms with van der Waals surface area (Å²) in [5.74, 6) is 1.06. The molecule has 1 atom stereocenters. The van der Waals surface area contributed by atoms with Gasteiger partial charge in [-0.2, -0.15) is 0 Å². The molecule has 3 rings (SSSR count). The summed E-state index contributed by atoms with van der Waals surface area (Å²) < 4.78 is 0. The molecule has 1 saturated heterocycles. The van der Waals surface area contributed by atoms with Gasteiger partial charge in [0.05, 0.1) is 12.6 Å². The summed E-state index contributed by atoms with van der Waals surface area (Å²) >= 11 is 0. The molecule has 104 valence electrons. The Labute approximate surface area is 114 Å². The van der Waals surface area contributed by atoms with Crippen molar-refractivity contribution in [2.24, 2.45) is 0 Å². The molecule has 1 saturated carbocycles. The van der Waals surface area contributed by atoms with Crippen LogP contribution in [0.15, 0.2) is 18.3 Å². The summed E-state index contributed by atoms with van der Waals surface area (Å²) in [5, 5.41) is 13.1. The van der Waals surface area contributed by atoms with Gasteiger partial charge in [-0.1, -0.05) is 6.07 Å². The van der Waals surface area contributed by atoms with E-state index in [-0.39, 0.29) is 12.6 Å². The van der Waals surface area contributed by atoms with Crippen LogP contribution in [0.2, 0.25) is 0 Å². The molecule has 0 bridgehead atoms. The van der Waals surface area contributed by atoms with Crippen molar-refractivity contribution in [2.45, 2.75) is 50.7 Å². The Balaban J connectivity index is 1.76. The molecule has 2 fully saturated rings. The van der Waals surface area contributed by atoms with Crippen molar-refractivity contribution >= 4 is 5.82 Å². The van der Waals surface area contributed by atoms with Crippen LogP contribution in [0.3, 0.4) is 0 Å². The zero-order chi connectivity index (χ0) is 13.1. The fourth-order valence-corrected chi connectivity index (χ4v) is 2.84. The molecule has 1 aliphatic carbocycles. The van der Waals surface area contributed by atoms with Gasteiger partial charge in [-0.15, -0.1) is 0 Å². The second-order valence-corrected chi connectivity index (χ2v) is 5.67. The van der Waals surface area contributed by atoms with E-state index >= 15 is 0 Å². The van der Waals surface area contributed by atoms with Gasteiger partial charge in [-0.25, -0.2) is 4.98 Å². The van der Waals surface area contributed by atoms with E-state index < -0.39 is 0 Å². The topological polar surface area (TPSA) is 48.4 Å². The molecule has 0 amide bonds. The van der Waals surface area contributed by atoms with Crippen molar-refractivity contribution in [2.75, 3.05) is 18.1 Å². The van der Waals surface area contributed by atoms with Crippen LogP contribution in [0.4, 0.5) is 5.82 Å². The Morgan fingerprint density at radius 1 is 1.32 bits per heavy atom. The Kier molecular flexibility index (Phi) is 3.99. The van der Waals surface area contributed by atoms with Crippen molar-refractivity contribution in [3.8, 4) is 0 Å². The van der Waals surface area contributed by atoms with Crippen LogP contribution in [0.1, 0.15) is 37.7 Å². The van der Waals surface area contributed by atoms with Crippen LogP contribution in [-0.2, 0) is 6.54 Å². The first-order valence-corrected chi connectivity index (χ1v) is 7.43. The molecule has 4 nitrogen and oxygen atoms in total. The molecule has 1 unspecified atom stereocenters. The second kappa shape index (κ2) is 5.88. The van der Waals surface area contributed by atoms with Gasteiger partial charge in [0.2, 0.25) is 0 Å². The lowest BCUT2D eigenvalue weighted by Gasteiger charge is -2.36. The van der Waals surface area contributed by atoms with Gasteiger partial charge in [0.25, 0.3) is 0 Å². The molecule has 2 heterocycles. The van der Waals surface area contributed by atoms with Crippen molar-refractivity contribution in [1.29, 1.82) is 0 Å². The lowest BCUT2D eigenvalue weighted by Crippen LogP contribution is -2.43. The minimum absolute atomic E-state index is 0.228. The number of piperidine rings is 1. The van der Waals surface area contributed by atoms with Gasteiger partial charge in [-0.05, 0) is 38.2 Å². The van der Waals surface area contributed by atoms with Crippen LogP contribution in [0.25, 0.3) is 0 Å². The van der Waals surface area contributed by atoms with Crippen LogP contribution in [-0.4, -0.2) is 35.3 Å². The smallest absolute Gasteiger partial charge is 0.133 e. The molecule has 2 N–H and O–H groups in total. The van der Waals surface area contributed by atoms with E-state index in [4.69, 9.17) is 0 Å². The number of hydrogen-bond donors (Lipinski definition) is 2. The van der Waals surface area contributed by atoms with Gasteiger partial charge in [0.15, 0.2) is 0 Å². The molecular weight excluding hydrogens is 238 g/mol. The fraction of sp³-hybridized carbons (Fsp3) is 0.667. The average Bonchev–Trinajstić information content (AvgIpc) is 3.29. The van der Waals surface area contributed by atoms with Gasteiger partial charge >= 0.3 is 0 Å². The summed E-state index contributed by atoms with van der Waals surface area (Å²) in [6, 6.07) is 5.11. The molecule has 1 aliphatic heterocycles. The minimum Gasteiger partial charge on any atom is -0.394 e. The number of nitrogens with zero attached hydrogens (tertiary/aromatic N) is 2. The van der Waals surface area contributed by atoms with Gasteiger partial charge in [-0.3, -0.25) is 0 Å². The third-order valence-corrected chi connectivity index (χ3v) is 4.14. The van der Waals surface area contributed by atoms with E-state index in [1.807, 2.05) is 12.3 Å². The summed E-state index contributed by atoms with van der Waals surface area (Å²) in [4.78, 5) is 6.87. The van der Waals surface area contributed by atoms with Crippen LogP contribution < -0.4 is 10.2 Å². The maximum absolute atomic E-state index is 9.56. The molecule has 19 heavy (non-hydrogen) atoms. The average molecular weight is 261 g/mol. The number of rotatable bonds is 5. The molecule has 0 spiro atoms. The quantitative estimate of drug-likeness (QED) is 0.847. The van der Waals surface area contributed by atoms with E-state index in [2.05, 4.69) is 21.3 Å². The highest BCUT2D eigenvalue weighted by atomic mass is 16.3.